The predicted octanol–water partition coefficient (Wildman–Crippen LogP) is 4.39. The first-order chi connectivity index (χ1) is 12.7. The van der Waals surface area contributed by atoms with Gasteiger partial charge in [-0.25, -0.2) is 0 Å². The molecule has 1 aliphatic rings. The molecule has 0 aromatic heterocycles. The van der Waals surface area contributed by atoms with Crippen molar-refractivity contribution in [3.8, 4) is 17.2 Å². The van der Waals surface area contributed by atoms with Crippen LogP contribution in [0.4, 0.5) is 5.69 Å². The maximum atomic E-state index is 12.2. The zero-order valence-electron chi connectivity index (χ0n) is 13.8. The largest absolute Gasteiger partial charge is 0.486 e. The van der Waals surface area contributed by atoms with Gasteiger partial charge in [-0.15, -0.1) is 0 Å². The molecule has 0 aliphatic carbocycles. The first kappa shape index (κ1) is 16.7. The maximum absolute atomic E-state index is 12.2. The van der Waals surface area contributed by atoms with E-state index in [0.29, 0.717) is 36.1 Å². The number of hydrogen-bond donors (Lipinski definition) is 1. The van der Waals surface area contributed by atoms with Crippen LogP contribution in [0.2, 0.25) is 0 Å². The fourth-order valence-corrected chi connectivity index (χ4v) is 3.39. The third-order valence-electron chi connectivity index (χ3n) is 4.01. The summed E-state index contributed by atoms with van der Waals surface area (Å²) in [5.41, 5.74) is 0.639. The molecule has 6 heteroatoms. The van der Waals surface area contributed by atoms with Crippen molar-refractivity contribution in [3.63, 3.8) is 0 Å². The molecule has 1 N–H and O–H groups in total. The van der Waals surface area contributed by atoms with E-state index in [1.165, 1.54) is 0 Å². The molecule has 1 heterocycles. The smallest absolute Gasteiger partial charge is 0.262 e. The van der Waals surface area contributed by atoms with Gasteiger partial charge >= 0.3 is 0 Å². The lowest BCUT2D eigenvalue weighted by Crippen LogP contribution is -2.21. The van der Waals surface area contributed by atoms with E-state index in [0.717, 1.165) is 15.2 Å². The summed E-state index contributed by atoms with van der Waals surface area (Å²) in [6, 6.07) is 17.1. The van der Waals surface area contributed by atoms with Gasteiger partial charge in [0.1, 0.15) is 19.0 Å². The van der Waals surface area contributed by atoms with Crippen LogP contribution in [0.5, 0.6) is 17.2 Å². The van der Waals surface area contributed by atoms with E-state index >= 15 is 0 Å². The zero-order valence-corrected chi connectivity index (χ0v) is 15.4. The van der Waals surface area contributed by atoms with E-state index in [2.05, 4.69) is 21.2 Å². The summed E-state index contributed by atoms with van der Waals surface area (Å²) in [6.07, 6.45) is 0. The summed E-state index contributed by atoms with van der Waals surface area (Å²) in [4.78, 5) is 12.2. The Morgan fingerprint density at radius 3 is 2.73 bits per heavy atom. The second-order valence-electron chi connectivity index (χ2n) is 5.79. The Balaban J connectivity index is 1.42. The summed E-state index contributed by atoms with van der Waals surface area (Å²) in [5.74, 6) is 1.69. The van der Waals surface area contributed by atoms with Crippen molar-refractivity contribution in [1.29, 1.82) is 0 Å². The van der Waals surface area contributed by atoms with Crippen LogP contribution < -0.4 is 19.5 Å². The Morgan fingerprint density at radius 2 is 1.85 bits per heavy atom. The molecule has 0 atom stereocenters. The maximum Gasteiger partial charge on any atom is 0.262 e. The number of hydrogen-bond acceptors (Lipinski definition) is 4. The summed E-state index contributed by atoms with van der Waals surface area (Å²) in [7, 11) is 0. The minimum Gasteiger partial charge on any atom is -0.486 e. The van der Waals surface area contributed by atoms with E-state index in [9.17, 15) is 4.79 Å². The van der Waals surface area contributed by atoms with Gasteiger partial charge in [0.2, 0.25) is 0 Å². The van der Waals surface area contributed by atoms with Crippen molar-refractivity contribution in [3.05, 3.63) is 59.1 Å². The highest BCUT2D eigenvalue weighted by molar-refractivity contribution is 9.10. The number of rotatable bonds is 4. The normalized spacial score (nSPS) is 12.7. The van der Waals surface area contributed by atoms with Gasteiger partial charge in [0.25, 0.3) is 5.91 Å². The Bertz CT molecular complexity index is 973. The number of benzene rings is 3. The molecular weight excluding hydrogens is 398 g/mol. The second-order valence-corrected chi connectivity index (χ2v) is 6.59. The van der Waals surface area contributed by atoms with Crippen LogP contribution in [0.1, 0.15) is 0 Å². The number of carbonyl (C=O) groups is 1. The average molecular weight is 414 g/mol. The second kappa shape index (κ2) is 7.25. The Labute approximate surface area is 159 Å². The standard InChI is InChI=1S/C20H16BrNO4/c21-20-15-4-2-1-3-13(15)5-7-17(20)26-12-19(23)22-14-6-8-16-18(11-14)25-10-9-24-16/h1-8,11H,9-10,12H2,(H,22,23). The van der Waals surface area contributed by atoms with Crippen molar-refractivity contribution in [2.45, 2.75) is 0 Å². The summed E-state index contributed by atoms with van der Waals surface area (Å²) >= 11 is 3.55. The number of nitrogens with one attached hydrogen (secondary N) is 1. The number of anilines is 1. The van der Waals surface area contributed by atoms with Gasteiger partial charge in [0.05, 0.1) is 4.47 Å². The fraction of sp³-hybridized carbons (Fsp3) is 0.150. The third-order valence-corrected chi connectivity index (χ3v) is 4.83. The lowest BCUT2D eigenvalue weighted by atomic mass is 10.1. The number of carbonyl (C=O) groups excluding carboxylic acids is 1. The number of fused-ring (bicyclic) bond motifs is 2. The van der Waals surface area contributed by atoms with Crippen LogP contribution in [0.15, 0.2) is 59.1 Å². The quantitative estimate of drug-likeness (QED) is 0.688. The molecule has 5 nitrogen and oxygen atoms in total. The first-order valence-electron chi connectivity index (χ1n) is 8.20. The van der Waals surface area contributed by atoms with E-state index in [4.69, 9.17) is 14.2 Å². The van der Waals surface area contributed by atoms with Gasteiger partial charge in [-0.05, 0) is 44.9 Å². The average Bonchev–Trinajstić information content (AvgIpc) is 2.67. The molecule has 0 radical (unpaired) electrons. The van der Waals surface area contributed by atoms with Crippen molar-refractivity contribution in [2.24, 2.45) is 0 Å². The summed E-state index contributed by atoms with van der Waals surface area (Å²) in [5, 5.41) is 4.95. The molecule has 0 fully saturated rings. The van der Waals surface area contributed by atoms with Gasteiger partial charge in [-0.2, -0.15) is 0 Å². The SMILES string of the molecule is O=C(COc1ccc2ccccc2c1Br)Nc1ccc2c(c1)OCCO2. The van der Waals surface area contributed by atoms with Crippen LogP contribution in [-0.4, -0.2) is 25.7 Å². The Kier molecular flexibility index (Phi) is 4.67. The molecule has 0 unspecified atom stereocenters. The highest BCUT2D eigenvalue weighted by atomic mass is 79.9. The molecule has 0 saturated carbocycles. The molecule has 0 saturated heterocycles. The van der Waals surface area contributed by atoms with Crippen LogP contribution in [0.25, 0.3) is 10.8 Å². The van der Waals surface area contributed by atoms with Crippen molar-refractivity contribution >= 4 is 38.3 Å². The molecule has 3 aromatic rings. The van der Waals surface area contributed by atoms with Crippen molar-refractivity contribution in [2.75, 3.05) is 25.1 Å². The Morgan fingerprint density at radius 1 is 1.04 bits per heavy atom. The lowest BCUT2D eigenvalue weighted by Gasteiger charge is -2.19. The highest BCUT2D eigenvalue weighted by Crippen LogP contribution is 2.34. The monoisotopic (exact) mass is 413 g/mol. The molecule has 1 aliphatic heterocycles. The van der Waals surface area contributed by atoms with Gasteiger partial charge in [-0.3, -0.25) is 4.79 Å². The molecule has 4 rings (SSSR count). The molecule has 0 bridgehead atoms. The molecular formula is C20H16BrNO4. The summed E-state index contributed by atoms with van der Waals surface area (Å²) in [6.45, 7) is 0.946. The van der Waals surface area contributed by atoms with E-state index in [1.54, 1.807) is 18.2 Å². The molecule has 132 valence electrons. The molecule has 3 aromatic carbocycles. The highest BCUT2D eigenvalue weighted by Gasteiger charge is 2.13. The number of halogens is 1. The molecule has 1 amide bonds. The molecule has 0 spiro atoms. The van der Waals surface area contributed by atoms with Crippen LogP contribution in [0.3, 0.4) is 0 Å². The Hall–Kier alpha value is -2.73. The van der Waals surface area contributed by atoms with E-state index < -0.39 is 0 Å². The van der Waals surface area contributed by atoms with E-state index in [1.807, 2.05) is 36.4 Å². The van der Waals surface area contributed by atoms with Crippen molar-refractivity contribution in [1.82, 2.24) is 0 Å². The molecule has 26 heavy (non-hydrogen) atoms. The number of amides is 1. The van der Waals surface area contributed by atoms with Gasteiger partial charge < -0.3 is 19.5 Å². The minimum absolute atomic E-state index is 0.0919. The first-order valence-corrected chi connectivity index (χ1v) is 8.99. The van der Waals surface area contributed by atoms with Crippen LogP contribution in [-0.2, 0) is 4.79 Å². The van der Waals surface area contributed by atoms with Crippen LogP contribution >= 0.6 is 15.9 Å². The lowest BCUT2D eigenvalue weighted by molar-refractivity contribution is -0.118. The van der Waals surface area contributed by atoms with Gasteiger partial charge in [-0.1, -0.05) is 30.3 Å². The summed E-state index contributed by atoms with van der Waals surface area (Å²) < 4.78 is 17.5. The predicted molar refractivity (Wildman–Crippen MR) is 103 cm³/mol. The van der Waals surface area contributed by atoms with Gasteiger partial charge in [0, 0.05) is 11.8 Å². The topological polar surface area (TPSA) is 56.8 Å². The zero-order chi connectivity index (χ0) is 17.9. The number of ether oxygens (including phenoxy) is 3. The van der Waals surface area contributed by atoms with Crippen LogP contribution in [0, 0.1) is 0 Å². The minimum atomic E-state index is -0.248. The van der Waals surface area contributed by atoms with Gasteiger partial charge in [0.15, 0.2) is 18.1 Å². The fourth-order valence-electron chi connectivity index (χ4n) is 2.79. The third kappa shape index (κ3) is 3.46. The van der Waals surface area contributed by atoms with Crippen molar-refractivity contribution < 1.29 is 19.0 Å². The van der Waals surface area contributed by atoms with E-state index in [-0.39, 0.29) is 12.5 Å².